The Labute approximate surface area is 127 Å². The summed E-state index contributed by atoms with van der Waals surface area (Å²) < 4.78 is 5.81. The number of nitrogens with two attached hydrogens (primary N) is 1. The van der Waals surface area contributed by atoms with E-state index in [1.54, 1.807) is 0 Å². The maximum absolute atomic E-state index is 5.81. The van der Waals surface area contributed by atoms with Crippen molar-refractivity contribution >= 4 is 17.2 Å². The van der Waals surface area contributed by atoms with Crippen LogP contribution in [0.3, 0.4) is 0 Å². The predicted molar refractivity (Wildman–Crippen MR) is 87.3 cm³/mol. The van der Waals surface area contributed by atoms with Gasteiger partial charge in [-0.1, -0.05) is 30.8 Å². The van der Waals surface area contributed by atoms with Crippen LogP contribution >= 0.6 is 12.2 Å². The summed E-state index contributed by atoms with van der Waals surface area (Å²) in [4.78, 5) is 3.04. The molecule has 1 fully saturated rings. The van der Waals surface area contributed by atoms with E-state index in [0.717, 1.165) is 24.5 Å². The smallest absolute Gasteiger partial charge is 0.119 e. The fraction of sp³-hybridized carbons (Fsp3) is 0.562. The number of hydrogen-bond donors (Lipinski definition) is 1. The molecular weight excluding hydrogens is 268 g/mol. The van der Waals surface area contributed by atoms with Crippen LogP contribution in [0.4, 0.5) is 0 Å². The molecule has 0 bridgehead atoms. The number of hydrogen-bond acceptors (Lipinski definition) is 3. The minimum Gasteiger partial charge on any atom is -0.492 e. The third kappa shape index (κ3) is 4.76. The molecule has 0 aliphatic carbocycles. The highest BCUT2D eigenvalue weighted by molar-refractivity contribution is 7.80. The maximum Gasteiger partial charge on any atom is 0.119 e. The summed E-state index contributed by atoms with van der Waals surface area (Å²) in [5, 5.41) is 0. The number of likely N-dealkylation sites (tertiary alicyclic amines) is 1. The molecule has 20 heavy (non-hydrogen) atoms. The quantitative estimate of drug-likeness (QED) is 0.818. The standard InChI is InChI=1S/C16H24N2OS/c1-13-4-2-3-9-18(13)10-11-19-15-7-5-14(6-8-15)12-16(17)20/h5-8,13H,2-4,9-12H2,1H3,(H2,17,20). The molecule has 1 atom stereocenters. The summed E-state index contributed by atoms with van der Waals surface area (Å²) in [6.45, 7) is 5.27. The number of ether oxygens (including phenoxy) is 1. The van der Waals surface area contributed by atoms with E-state index in [9.17, 15) is 0 Å². The largest absolute Gasteiger partial charge is 0.492 e. The summed E-state index contributed by atoms with van der Waals surface area (Å²) in [5.74, 6) is 0.918. The summed E-state index contributed by atoms with van der Waals surface area (Å²) >= 11 is 4.90. The lowest BCUT2D eigenvalue weighted by atomic mass is 10.0. The van der Waals surface area contributed by atoms with Crippen LogP contribution in [0, 0.1) is 0 Å². The Kier molecular flexibility index (Phi) is 5.80. The Morgan fingerprint density at radius 3 is 2.75 bits per heavy atom. The molecule has 0 saturated carbocycles. The van der Waals surface area contributed by atoms with Gasteiger partial charge in [0.2, 0.25) is 0 Å². The van der Waals surface area contributed by atoms with Crippen molar-refractivity contribution in [1.82, 2.24) is 4.90 Å². The van der Waals surface area contributed by atoms with E-state index in [4.69, 9.17) is 22.7 Å². The molecule has 3 nitrogen and oxygen atoms in total. The van der Waals surface area contributed by atoms with Gasteiger partial charge in [0.05, 0.1) is 4.99 Å². The lowest BCUT2D eigenvalue weighted by Crippen LogP contribution is -2.39. The Hall–Kier alpha value is -1.13. The Morgan fingerprint density at radius 1 is 1.35 bits per heavy atom. The van der Waals surface area contributed by atoms with Crippen LogP contribution in [-0.4, -0.2) is 35.6 Å². The first kappa shape index (κ1) is 15.3. The van der Waals surface area contributed by atoms with Gasteiger partial charge in [0, 0.05) is 19.0 Å². The first-order valence-electron chi connectivity index (χ1n) is 7.39. The summed E-state index contributed by atoms with van der Waals surface area (Å²) in [6.07, 6.45) is 4.65. The van der Waals surface area contributed by atoms with Crippen molar-refractivity contribution in [2.24, 2.45) is 5.73 Å². The second kappa shape index (κ2) is 7.60. The lowest BCUT2D eigenvalue weighted by Gasteiger charge is -2.33. The summed E-state index contributed by atoms with van der Waals surface area (Å²) in [5.41, 5.74) is 6.67. The summed E-state index contributed by atoms with van der Waals surface area (Å²) in [6, 6.07) is 8.73. The van der Waals surface area contributed by atoms with Gasteiger partial charge in [0.15, 0.2) is 0 Å². The van der Waals surface area contributed by atoms with E-state index in [2.05, 4.69) is 11.8 Å². The van der Waals surface area contributed by atoms with Crippen LogP contribution in [0.1, 0.15) is 31.7 Å². The average molecular weight is 292 g/mol. The number of benzene rings is 1. The van der Waals surface area contributed by atoms with Crippen molar-refractivity contribution in [2.45, 2.75) is 38.6 Å². The SMILES string of the molecule is CC1CCCCN1CCOc1ccc(CC(N)=S)cc1. The molecule has 1 heterocycles. The van der Waals surface area contributed by atoms with Crippen LogP contribution in [0.15, 0.2) is 24.3 Å². The molecule has 1 aromatic rings. The molecule has 1 aliphatic rings. The number of rotatable bonds is 6. The molecule has 110 valence electrons. The van der Waals surface area contributed by atoms with Crippen molar-refractivity contribution in [2.75, 3.05) is 19.7 Å². The molecule has 1 aromatic carbocycles. The Morgan fingerprint density at radius 2 is 2.10 bits per heavy atom. The van der Waals surface area contributed by atoms with Crippen LogP contribution < -0.4 is 10.5 Å². The molecule has 1 unspecified atom stereocenters. The normalized spacial score (nSPS) is 19.8. The Balaban J connectivity index is 1.74. The first-order chi connectivity index (χ1) is 9.65. The van der Waals surface area contributed by atoms with Gasteiger partial charge in [-0.15, -0.1) is 0 Å². The highest BCUT2D eigenvalue weighted by Crippen LogP contribution is 2.17. The third-order valence-corrected chi connectivity index (χ3v) is 4.03. The predicted octanol–water partition coefficient (Wildman–Crippen LogP) is 2.77. The van der Waals surface area contributed by atoms with E-state index in [-0.39, 0.29) is 0 Å². The first-order valence-corrected chi connectivity index (χ1v) is 7.80. The number of piperidine rings is 1. The zero-order valence-electron chi connectivity index (χ0n) is 12.2. The van der Waals surface area contributed by atoms with E-state index in [1.165, 1.54) is 25.8 Å². The van der Waals surface area contributed by atoms with E-state index < -0.39 is 0 Å². The molecular formula is C16H24N2OS. The van der Waals surface area contributed by atoms with Gasteiger partial charge in [-0.2, -0.15) is 0 Å². The van der Waals surface area contributed by atoms with Gasteiger partial charge < -0.3 is 10.5 Å². The molecule has 2 rings (SSSR count). The highest BCUT2D eigenvalue weighted by Gasteiger charge is 2.17. The van der Waals surface area contributed by atoms with Gasteiger partial charge in [0.1, 0.15) is 12.4 Å². The highest BCUT2D eigenvalue weighted by atomic mass is 32.1. The minimum absolute atomic E-state index is 0.526. The second-order valence-electron chi connectivity index (χ2n) is 5.52. The van der Waals surface area contributed by atoms with Crippen molar-refractivity contribution in [3.8, 4) is 5.75 Å². The minimum atomic E-state index is 0.526. The monoisotopic (exact) mass is 292 g/mol. The van der Waals surface area contributed by atoms with Crippen molar-refractivity contribution in [3.63, 3.8) is 0 Å². The van der Waals surface area contributed by atoms with Gasteiger partial charge in [-0.3, -0.25) is 4.90 Å². The maximum atomic E-state index is 5.81. The second-order valence-corrected chi connectivity index (χ2v) is 6.04. The number of thiocarbonyl (C=S) groups is 1. The molecule has 2 N–H and O–H groups in total. The molecule has 4 heteroatoms. The van der Waals surface area contributed by atoms with Crippen LogP contribution in [0.25, 0.3) is 0 Å². The fourth-order valence-corrected chi connectivity index (χ4v) is 2.84. The molecule has 0 radical (unpaired) electrons. The average Bonchev–Trinajstić information content (AvgIpc) is 2.42. The van der Waals surface area contributed by atoms with Gasteiger partial charge >= 0.3 is 0 Å². The van der Waals surface area contributed by atoms with Crippen molar-refractivity contribution in [1.29, 1.82) is 0 Å². The molecule has 1 aliphatic heterocycles. The van der Waals surface area contributed by atoms with Gasteiger partial charge in [0.25, 0.3) is 0 Å². The molecule has 0 aromatic heterocycles. The van der Waals surface area contributed by atoms with Gasteiger partial charge in [-0.05, 0) is 44.0 Å². The van der Waals surface area contributed by atoms with Crippen LogP contribution in [-0.2, 0) is 6.42 Å². The zero-order valence-corrected chi connectivity index (χ0v) is 13.0. The zero-order chi connectivity index (χ0) is 14.4. The lowest BCUT2D eigenvalue weighted by molar-refractivity contribution is 0.133. The molecule has 0 spiro atoms. The fourth-order valence-electron chi connectivity index (χ4n) is 2.68. The third-order valence-electron chi connectivity index (χ3n) is 3.89. The number of nitrogens with zero attached hydrogens (tertiary/aromatic N) is 1. The molecule has 1 saturated heterocycles. The topological polar surface area (TPSA) is 38.5 Å². The van der Waals surface area contributed by atoms with Crippen LogP contribution in [0.2, 0.25) is 0 Å². The van der Waals surface area contributed by atoms with E-state index in [1.807, 2.05) is 24.3 Å². The van der Waals surface area contributed by atoms with Gasteiger partial charge in [-0.25, -0.2) is 0 Å². The van der Waals surface area contributed by atoms with E-state index in [0.29, 0.717) is 17.5 Å². The van der Waals surface area contributed by atoms with Crippen LogP contribution in [0.5, 0.6) is 5.75 Å². The van der Waals surface area contributed by atoms with Crippen molar-refractivity contribution in [3.05, 3.63) is 29.8 Å². The summed E-state index contributed by atoms with van der Waals surface area (Å²) in [7, 11) is 0. The van der Waals surface area contributed by atoms with Crippen molar-refractivity contribution < 1.29 is 4.74 Å². The van der Waals surface area contributed by atoms with E-state index >= 15 is 0 Å². The Bertz CT molecular complexity index is 433. The molecule has 0 amide bonds.